The van der Waals surface area contributed by atoms with Gasteiger partial charge in [-0.15, -0.1) is 0 Å². The highest BCUT2D eigenvalue weighted by Gasteiger charge is 2.41. The van der Waals surface area contributed by atoms with Gasteiger partial charge < -0.3 is 11.1 Å². The van der Waals surface area contributed by atoms with E-state index in [1.165, 1.54) is 0 Å². The fourth-order valence-electron chi connectivity index (χ4n) is 1.95. The van der Waals surface area contributed by atoms with Gasteiger partial charge in [-0.25, -0.2) is 0 Å². The number of aromatic nitrogens is 2. The van der Waals surface area contributed by atoms with Gasteiger partial charge in [0.15, 0.2) is 0 Å². The maximum absolute atomic E-state index is 12.0. The number of nitrogens with one attached hydrogen (secondary N) is 2. The smallest absolute Gasteiger partial charge is 0.255 e. The van der Waals surface area contributed by atoms with Crippen molar-refractivity contribution in [2.24, 2.45) is 11.7 Å². The fraction of sp³-hybridized carbons (Fsp3) is 0.636. The van der Waals surface area contributed by atoms with Gasteiger partial charge in [-0.1, -0.05) is 0 Å². The summed E-state index contributed by atoms with van der Waals surface area (Å²) in [4.78, 5) is 12.0. The maximum Gasteiger partial charge on any atom is 0.255 e. The second-order valence-electron chi connectivity index (χ2n) is 4.76. The molecule has 1 fully saturated rings. The molecule has 1 unspecified atom stereocenters. The maximum atomic E-state index is 12.0. The van der Waals surface area contributed by atoms with Crippen molar-refractivity contribution in [2.45, 2.75) is 32.2 Å². The molecule has 0 saturated heterocycles. The lowest BCUT2D eigenvalue weighted by Crippen LogP contribution is -2.53. The van der Waals surface area contributed by atoms with E-state index >= 15 is 0 Å². The van der Waals surface area contributed by atoms with Crippen molar-refractivity contribution >= 4 is 5.91 Å². The van der Waals surface area contributed by atoms with Crippen LogP contribution in [0.3, 0.4) is 0 Å². The van der Waals surface area contributed by atoms with E-state index in [1.54, 1.807) is 6.20 Å². The summed E-state index contributed by atoms with van der Waals surface area (Å²) >= 11 is 0. The van der Waals surface area contributed by atoms with Crippen LogP contribution in [0.2, 0.25) is 0 Å². The summed E-state index contributed by atoms with van der Waals surface area (Å²) in [7, 11) is 0. The van der Waals surface area contributed by atoms with E-state index < -0.39 is 0 Å². The molecule has 2 rings (SSSR count). The van der Waals surface area contributed by atoms with Crippen molar-refractivity contribution in [3.63, 3.8) is 0 Å². The molecule has 0 radical (unpaired) electrons. The van der Waals surface area contributed by atoms with Gasteiger partial charge in [0.2, 0.25) is 0 Å². The zero-order chi connectivity index (χ0) is 11.8. The van der Waals surface area contributed by atoms with Crippen LogP contribution in [0.15, 0.2) is 6.20 Å². The van der Waals surface area contributed by atoms with Crippen LogP contribution in [0, 0.1) is 12.8 Å². The summed E-state index contributed by atoms with van der Waals surface area (Å²) in [5, 5.41) is 9.62. The molecule has 5 heteroatoms. The zero-order valence-corrected chi connectivity index (χ0v) is 9.71. The summed E-state index contributed by atoms with van der Waals surface area (Å²) in [6.07, 6.45) is 3.85. The first-order valence-corrected chi connectivity index (χ1v) is 5.59. The third-order valence-electron chi connectivity index (χ3n) is 3.38. The number of amides is 1. The Morgan fingerprint density at radius 1 is 1.75 bits per heavy atom. The topological polar surface area (TPSA) is 83.8 Å². The van der Waals surface area contributed by atoms with Crippen molar-refractivity contribution in [1.29, 1.82) is 0 Å². The first-order chi connectivity index (χ1) is 7.57. The minimum atomic E-state index is -0.277. The molecule has 1 aliphatic rings. The first kappa shape index (κ1) is 11.1. The molecule has 1 saturated carbocycles. The number of nitrogens with two attached hydrogens (primary N) is 1. The predicted molar refractivity (Wildman–Crippen MR) is 61.0 cm³/mol. The molecule has 1 amide bonds. The Balaban J connectivity index is 2.09. The Morgan fingerprint density at radius 3 is 2.88 bits per heavy atom. The summed E-state index contributed by atoms with van der Waals surface area (Å²) < 4.78 is 0. The minimum Gasteiger partial charge on any atom is -0.345 e. The second-order valence-corrected chi connectivity index (χ2v) is 4.76. The molecule has 1 atom stereocenters. The van der Waals surface area contributed by atoms with Crippen LogP contribution in [0.4, 0.5) is 0 Å². The molecule has 1 aliphatic carbocycles. The highest BCUT2D eigenvalue weighted by molar-refractivity contribution is 5.95. The van der Waals surface area contributed by atoms with Gasteiger partial charge in [0, 0.05) is 12.2 Å². The van der Waals surface area contributed by atoms with Crippen molar-refractivity contribution in [1.82, 2.24) is 15.5 Å². The van der Waals surface area contributed by atoms with Gasteiger partial charge in [-0.3, -0.25) is 9.89 Å². The second kappa shape index (κ2) is 3.90. The highest BCUT2D eigenvalue weighted by atomic mass is 16.1. The van der Waals surface area contributed by atoms with Gasteiger partial charge in [0.25, 0.3) is 5.91 Å². The molecule has 4 N–H and O–H groups in total. The van der Waals surface area contributed by atoms with Gasteiger partial charge in [0.1, 0.15) is 0 Å². The van der Waals surface area contributed by atoms with E-state index in [9.17, 15) is 4.79 Å². The van der Waals surface area contributed by atoms with Crippen molar-refractivity contribution in [3.8, 4) is 0 Å². The molecule has 0 bridgehead atoms. The molecule has 1 aromatic heterocycles. The highest BCUT2D eigenvalue weighted by Crippen LogP contribution is 2.39. The van der Waals surface area contributed by atoms with Crippen LogP contribution < -0.4 is 11.1 Å². The predicted octanol–water partition coefficient (Wildman–Crippen LogP) is 0.575. The Bertz CT molecular complexity index is 396. The average Bonchev–Trinajstić information content (AvgIpc) is 3.02. The normalized spacial score (nSPS) is 19.2. The van der Waals surface area contributed by atoms with E-state index in [2.05, 4.69) is 15.5 Å². The molecule has 88 valence electrons. The average molecular weight is 222 g/mol. The Hall–Kier alpha value is -1.36. The van der Waals surface area contributed by atoms with Crippen LogP contribution >= 0.6 is 0 Å². The molecule has 1 heterocycles. The molecule has 0 spiro atoms. The van der Waals surface area contributed by atoms with E-state index in [0.717, 1.165) is 18.5 Å². The number of hydrogen-bond donors (Lipinski definition) is 3. The molecular formula is C11H18N4O. The number of aromatic amines is 1. The van der Waals surface area contributed by atoms with E-state index in [0.29, 0.717) is 18.0 Å². The van der Waals surface area contributed by atoms with Crippen LogP contribution in [-0.4, -0.2) is 28.2 Å². The van der Waals surface area contributed by atoms with E-state index in [1.807, 2.05) is 13.8 Å². The van der Waals surface area contributed by atoms with E-state index in [-0.39, 0.29) is 11.4 Å². The molecule has 16 heavy (non-hydrogen) atoms. The number of nitrogens with zero attached hydrogens (tertiary/aromatic N) is 1. The number of H-pyrrole nitrogens is 1. The lowest BCUT2D eigenvalue weighted by Gasteiger charge is -2.29. The quantitative estimate of drug-likeness (QED) is 0.696. The molecular weight excluding hydrogens is 204 g/mol. The third-order valence-corrected chi connectivity index (χ3v) is 3.38. The SMILES string of the molecule is Cc1[nH]ncc1C(=O)NC(C)(CN)C1CC1. The Kier molecular flexibility index (Phi) is 2.71. The monoisotopic (exact) mass is 222 g/mol. The van der Waals surface area contributed by atoms with Gasteiger partial charge in [0.05, 0.1) is 17.3 Å². The van der Waals surface area contributed by atoms with Crippen molar-refractivity contribution in [3.05, 3.63) is 17.5 Å². The first-order valence-electron chi connectivity index (χ1n) is 5.59. The zero-order valence-electron chi connectivity index (χ0n) is 9.71. The summed E-state index contributed by atoms with van der Waals surface area (Å²) in [5.41, 5.74) is 6.85. The lowest BCUT2D eigenvalue weighted by atomic mass is 9.95. The Labute approximate surface area is 94.8 Å². The fourth-order valence-corrected chi connectivity index (χ4v) is 1.95. The van der Waals surface area contributed by atoms with Gasteiger partial charge in [-0.2, -0.15) is 5.10 Å². The number of carbonyl (C=O) groups is 1. The molecule has 0 aliphatic heterocycles. The Morgan fingerprint density at radius 2 is 2.44 bits per heavy atom. The standard InChI is InChI=1S/C11H18N4O/c1-7-9(5-13-15-7)10(16)14-11(2,6-12)8-3-4-8/h5,8H,3-4,6,12H2,1-2H3,(H,13,15)(H,14,16). The summed E-state index contributed by atoms with van der Waals surface area (Å²) in [6.45, 7) is 4.32. The number of aryl methyl sites for hydroxylation is 1. The van der Waals surface area contributed by atoms with Gasteiger partial charge >= 0.3 is 0 Å². The van der Waals surface area contributed by atoms with Crippen LogP contribution in [0.25, 0.3) is 0 Å². The summed E-state index contributed by atoms with van der Waals surface area (Å²) in [5.74, 6) is 0.430. The minimum absolute atomic E-state index is 0.0916. The van der Waals surface area contributed by atoms with Crippen molar-refractivity contribution in [2.75, 3.05) is 6.54 Å². The third kappa shape index (κ3) is 1.95. The lowest BCUT2D eigenvalue weighted by molar-refractivity contribution is 0.0897. The number of rotatable bonds is 4. The van der Waals surface area contributed by atoms with Crippen LogP contribution in [0.5, 0.6) is 0 Å². The van der Waals surface area contributed by atoms with Crippen LogP contribution in [-0.2, 0) is 0 Å². The van der Waals surface area contributed by atoms with Gasteiger partial charge in [-0.05, 0) is 32.6 Å². The molecule has 5 nitrogen and oxygen atoms in total. The largest absolute Gasteiger partial charge is 0.345 e. The van der Waals surface area contributed by atoms with Crippen LogP contribution in [0.1, 0.15) is 35.8 Å². The van der Waals surface area contributed by atoms with Crippen molar-refractivity contribution < 1.29 is 4.79 Å². The summed E-state index contributed by atoms with van der Waals surface area (Å²) in [6, 6.07) is 0. The molecule has 0 aromatic carbocycles. The number of hydrogen-bond acceptors (Lipinski definition) is 3. The number of carbonyl (C=O) groups excluding carboxylic acids is 1. The molecule has 1 aromatic rings. The van der Waals surface area contributed by atoms with E-state index in [4.69, 9.17) is 5.73 Å².